The van der Waals surface area contributed by atoms with E-state index in [9.17, 15) is 4.79 Å². The number of benzene rings is 1. The minimum absolute atomic E-state index is 0.243. The highest BCUT2D eigenvalue weighted by Crippen LogP contribution is 2.28. The van der Waals surface area contributed by atoms with Crippen LogP contribution in [-0.2, 0) is 9.53 Å². The smallest absolute Gasteiger partial charge is 0.326 e. The van der Waals surface area contributed by atoms with Crippen LogP contribution in [0.3, 0.4) is 0 Å². The third-order valence-corrected chi connectivity index (χ3v) is 3.23. The third kappa shape index (κ3) is 3.23. The van der Waals surface area contributed by atoms with Gasteiger partial charge in [0.2, 0.25) is 0 Å². The maximum absolute atomic E-state index is 11.8. The zero-order chi connectivity index (χ0) is 12.8. The molecule has 2 N–H and O–H groups in total. The van der Waals surface area contributed by atoms with Crippen molar-refractivity contribution in [2.75, 3.05) is 13.2 Å². The van der Waals surface area contributed by atoms with Crippen LogP contribution in [0.15, 0.2) is 30.3 Å². The monoisotopic (exact) mass is 249 g/mol. The largest absolute Gasteiger partial charge is 0.490 e. The van der Waals surface area contributed by atoms with E-state index in [0.29, 0.717) is 6.61 Å². The van der Waals surface area contributed by atoms with E-state index < -0.39 is 5.54 Å². The van der Waals surface area contributed by atoms with Gasteiger partial charge >= 0.3 is 5.97 Å². The second-order valence-corrected chi connectivity index (χ2v) is 4.66. The lowest BCUT2D eigenvalue weighted by Crippen LogP contribution is -2.46. The molecule has 0 heterocycles. The fourth-order valence-electron chi connectivity index (χ4n) is 2.16. The van der Waals surface area contributed by atoms with Gasteiger partial charge < -0.3 is 15.2 Å². The molecule has 1 aliphatic rings. The Morgan fingerprint density at radius 1 is 1.17 bits per heavy atom. The van der Waals surface area contributed by atoms with Crippen molar-refractivity contribution in [2.24, 2.45) is 5.73 Å². The lowest BCUT2D eigenvalue weighted by atomic mass is 10.00. The van der Waals surface area contributed by atoms with Gasteiger partial charge in [-0.15, -0.1) is 0 Å². The van der Waals surface area contributed by atoms with E-state index in [2.05, 4.69) is 0 Å². The van der Waals surface area contributed by atoms with Gasteiger partial charge in [0.15, 0.2) is 0 Å². The highest BCUT2D eigenvalue weighted by Gasteiger charge is 2.38. The molecule has 18 heavy (non-hydrogen) atoms. The summed E-state index contributed by atoms with van der Waals surface area (Å²) in [7, 11) is 0. The standard InChI is InChI=1S/C14H19NO3/c15-14(8-4-5-9-14)13(16)18-11-10-17-12-6-2-1-3-7-12/h1-3,6-7H,4-5,8-11,15H2. The molecule has 1 aromatic rings. The second kappa shape index (κ2) is 5.87. The molecule has 0 radical (unpaired) electrons. The highest BCUT2D eigenvalue weighted by molar-refractivity contribution is 5.80. The van der Waals surface area contributed by atoms with Crippen LogP contribution >= 0.6 is 0 Å². The minimum atomic E-state index is -0.757. The number of hydrogen-bond acceptors (Lipinski definition) is 4. The number of carbonyl (C=O) groups is 1. The van der Waals surface area contributed by atoms with E-state index in [4.69, 9.17) is 15.2 Å². The Bertz CT molecular complexity index is 385. The lowest BCUT2D eigenvalue weighted by Gasteiger charge is -2.21. The van der Waals surface area contributed by atoms with E-state index in [1.54, 1.807) is 0 Å². The molecule has 2 rings (SSSR count). The molecular weight excluding hydrogens is 230 g/mol. The molecule has 0 atom stereocenters. The molecule has 0 bridgehead atoms. The van der Waals surface area contributed by atoms with Gasteiger partial charge in [-0.3, -0.25) is 4.79 Å². The molecule has 98 valence electrons. The van der Waals surface area contributed by atoms with Crippen LogP contribution in [0.1, 0.15) is 25.7 Å². The van der Waals surface area contributed by atoms with Crippen LogP contribution in [0.5, 0.6) is 5.75 Å². The summed E-state index contributed by atoms with van der Waals surface area (Å²) in [6, 6.07) is 9.45. The number of hydrogen-bond donors (Lipinski definition) is 1. The average Bonchev–Trinajstić information content (AvgIpc) is 2.84. The van der Waals surface area contributed by atoms with Crippen molar-refractivity contribution in [3.05, 3.63) is 30.3 Å². The van der Waals surface area contributed by atoms with Crippen molar-refractivity contribution in [3.63, 3.8) is 0 Å². The first kappa shape index (κ1) is 12.9. The van der Waals surface area contributed by atoms with Gasteiger partial charge in [0.05, 0.1) is 0 Å². The summed E-state index contributed by atoms with van der Waals surface area (Å²) < 4.78 is 10.6. The van der Waals surface area contributed by atoms with E-state index in [1.165, 1.54) is 0 Å². The van der Waals surface area contributed by atoms with Crippen LogP contribution < -0.4 is 10.5 Å². The molecule has 0 aromatic heterocycles. The average molecular weight is 249 g/mol. The Morgan fingerprint density at radius 2 is 1.83 bits per heavy atom. The Hall–Kier alpha value is -1.55. The summed E-state index contributed by atoms with van der Waals surface area (Å²) in [4.78, 5) is 11.8. The molecule has 1 fully saturated rings. The second-order valence-electron chi connectivity index (χ2n) is 4.66. The Kier molecular flexibility index (Phi) is 4.20. The topological polar surface area (TPSA) is 61.6 Å². The van der Waals surface area contributed by atoms with Gasteiger partial charge in [0.1, 0.15) is 24.5 Å². The zero-order valence-corrected chi connectivity index (χ0v) is 10.4. The third-order valence-electron chi connectivity index (χ3n) is 3.23. The Balaban J connectivity index is 1.68. The Morgan fingerprint density at radius 3 is 2.50 bits per heavy atom. The molecule has 0 aliphatic heterocycles. The quantitative estimate of drug-likeness (QED) is 0.639. The van der Waals surface area contributed by atoms with Crippen LogP contribution in [0, 0.1) is 0 Å². The number of ether oxygens (including phenoxy) is 2. The summed E-state index contributed by atoms with van der Waals surface area (Å²) in [5.41, 5.74) is 5.22. The van der Waals surface area contributed by atoms with Gasteiger partial charge in [0, 0.05) is 0 Å². The number of para-hydroxylation sites is 1. The normalized spacial score (nSPS) is 17.4. The molecule has 1 aromatic carbocycles. The lowest BCUT2D eigenvalue weighted by molar-refractivity contribution is -0.150. The molecule has 0 unspecified atom stereocenters. The van der Waals surface area contributed by atoms with Crippen LogP contribution in [0.4, 0.5) is 0 Å². The fraction of sp³-hybridized carbons (Fsp3) is 0.500. The first-order chi connectivity index (χ1) is 8.71. The number of rotatable bonds is 5. The van der Waals surface area contributed by atoms with Gasteiger partial charge in [-0.1, -0.05) is 31.0 Å². The van der Waals surface area contributed by atoms with E-state index >= 15 is 0 Å². The van der Waals surface area contributed by atoms with Crippen LogP contribution in [0.25, 0.3) is 0 Å². The van der Waals surface area contributed by atoms with Crippen molar-refractivity contribution in [1.82, 2.24) is 0 Å². The van der Waals surface area contributed by atoms with Crippen molar-refractivity contribution in [2.45, 2.75) is 31.2 Å². The predicted molar refractivity (Wildman–Crippen MR) is 68.3 cm³/mol. The predicted octanol–water partition coefficient (Wildman–Crippen LogP) is 1.88. The Labute approximate surface area is 107 Å². The van der Waals surface area contributed by atoms with Crippen LogP contribution in [0.2, 0.25) is 0 Å². The van der Waals surface area contributed by atoms with E-state index in [-0.39, 0.29) is 12.6 Å². The number of esters is 1. The molecule has 4 nitrogen and oxygen atoms in total. The molecule has 0 saturated heterocycles. The molecule has 1 aliphatic carbocycles. The van der Waals surface area contributed by atoms with Gasteiger partial charge in [-0.2, -0.15) is 0 Å². The van der Waals surface area contributed by atoms with Crippen molar-refractivity contribution < 1.29 is 14.3 Å². The first-order valence-corrected chi connectivity index (χ1v) is 6.35. The maximum atomic E-state index is 11.8. The molecule has 1 saturated carbocycles. The molecule has 4 heteroatoms. The molecule has 0 amide bonds. The summed E-state index contributed by atoms with van der Waals surface area (Å²) >= 11 is 0. The number of nitrogens with two attached hydrogens (primary N) is 1. The van der Waals surface area contributed by atoms with E-state index in [1.807, 2.05) is 30.3 Å². The maximum Gasteiger partial charge on any atom is 0.326 e. The van der Waals surface area contributed by atoms with Crippen molar-refractivity contribution >= 4 is 5.97 Å². The summed E-state index contributed by atoms with van der Waals surface area (Å²) in [5.74, 6) is 0.480. The molecular formula is C14H19NO3. The first-order valence-electron chi connectivity index (χ1n) is 6.35. The SMILES string of the molecule is NC1(C(=O)OCCOc2ccccc2)CCCC1. The fourth-order valence-corrected chi connectivity index (χ4v) is 2.16. The summed E-state index contributed by atoms with van der Waals surface area (Å²) in [5, 5.41) is 0. The zero-order valence-electron chi connectivity index (χ0n) is 10.4. The highest BCUT2D eigenvalue weighted by atomic mass is 16.6. The van der Waals surface area contributed by atoms with Crippen LogP contribution in [-0.4, -0.2) is 24.7 Å². The minimum Gasteiger partial charge on any atom is -0.490 e. The van der Waals surface area contributed by atoms with Gasteiger partial charge in [-0.25, -0.2) is 0 Å². The molecule has 0 spiro atoms. The van der Waals surface area contributed by atoms with Gasteiger partial charge in [0.25, 0.3) is 0 Å². The summed E-state index contributed by atoms with van der Waals surface area (Å²) in [6.45, 7) is 0.596. The van der Waals surface area contributed by atoms with Gasteiger partial charge in [-0.05, 0) is 25.0 Å². The van der Waals surface area contributed by atoms with Crippen molar-refractivity contribution in [3.8, 4) is 5.75 Å². The number of carbonyl (C=O) groups excluding carboxylic acids is 1. The summed E-state index contributed by atoms with van der Waals surface area (Å²) in [6.07, 6.45) is 3.47. The van der Waals surface area contributed by atoms with E-state index in [0.717, 1.165) is 31.4 Å². The van der Waals surface area contributed by atoms with Crippen molar-refractivity contribution in [1.29, 1.82) is 0 Å².